The van der Waals surface area contributed by atoms with Gasteiger partial charge in [0.2, 0.25) is 0 Å². The van der Waals surface area contributed by atoms with Crippen LogP contribution in [0.1, 0.15) is 61.3 Å². The lowest BCUT2D eigenvalue weighted by Crippen LogP contribution is -2.23. The predicted molar refractivity (Wildman–Crippen MR) is 65.3 cm³/mol. The van der Waals surface area contributed by atoms with E-state index in [4.69, 9.17) is 0 Å². The van der Waals surface area contributed by atoms with Crippen LogP contribution in [-0.4, -0.2) is 13.1 Å². The fraction of sp³-hybridized carbons (Fsp3) is 1.00. The molecule has 0 aromatic heterocycles. The van der Waals surface area contributed by atoms with E-state index in [2.05, 4.69) is 26.1 Å². The van der Waals surface area contributed by atoms with Gasteiger partial charge in [0.1, 0.15) is 0 Å². The van der Waals surface area contributed by atoms with Gasteiger partial charge in [0.25, 0.3) is 0 Å². The predicted octanol–water partition coefficient (Wildman–Crippen LogP) is 4.08. The fourth-order valence-electron chi connectivity index (χ4n) is 0.888. The Hall–Kier alpha value is -0.0400. The first-order valence-corrected chi connectivity index (χ1v) is 5.88. The maximum absolute atomic E-state index is 3.23. The zero-order chi connectivity index (χ0) is 11.3. The van der Waals surface area contributed by atoms with Crippen molar-refractivity contribution in [2.75, 3.05) is 7.05 Å². The van der Waals surface area contributed by atoms with Gasteiger partial charge in [-0.1, -0.05) is 48.0 Å². The van der Waals surface area contributed by atoms with Crippen molar-refractivity contribution in [3.63, 3.8) is 0 Å². The lowest BCUT2D eigenvalue weighted by molar-refractivity contribution is 0.432. The van der Waals surface area contributed by atoms with E-state index in [1.165, 1.54) is 12.8 Å². The average molecular weight is 189 g/mol. The first-order valence-electron chi connectivity index (χ1n) is 5.88. The van der Waals surface area contributed by atoms with Crippen molar-refractivity contribution in [1.82, 2.24) is 5.32 Å². The Morgan fingerprint density at radius 1 is 1.00 bits per heavy atom. The first kappa shape index (κ1) is 18.7. The molecule has 0 radical (unpaired) electrons. The monoisotopic (exact) mass is 189 g/mol. The molecule has 0 heterocycles. The van der Waals surface area contributed by atoms with Crippen molar-refractivity contribution in [3.05, 3.63) is 0 Å². The van der Waals surface area contributed by atoms with Crippen LogP contribution < -0.4 is 5.32 Å². The summed E-state index contributed by atoms with van der Waals surface area (Å²) in [6, 6.07) is 0.681. The Balaban J connectivity index is -0.000000218. The van der Waals surface area contributed by atoms with Crippen LogP contribution >= 0.6 is 0 Å². The molecule has 0 spiro atoms. The quantitative estimate of drug-likeness (QED) is 0.702. The second kappa shape index (κ2) is 17.9. The van der Waals surface area contributed by atoms with Crippen LogP contribution in [0.25, 0.3) is 0 Å². The first-order chi connectivity index (χ1) is 6.20. The molecule has 1 heteroatoms. The summed E-state index contributed by atoms with van der Waals surface area (Å²) < 4.78 is 0. The lowest BCUT2D eigenvalue weighted by atomic mass is 10.0. The normalized spacial score (nSPS) is 12.9. The van der Waals surface area contributed by atoms with Crippen molar-refractivity contribution in [3.8, 4) is 0 Å². The van der Waals surface area contributed by atoms with Crippen LogP contribution in [0, 0.1) is 5.92 Å². The van der Waals surface area contributed by atoms with Gasteiger partial charge in [-0.05, 0) is 26.3 Å². The number of rotatable bonds is 4. The van der Waals surface area contributed by atoms with Gasteiger partial charge in [-0.2, -0.15) is 0 Å². The molecule has 2 atom stereocenters. The molecule has 0 rings (SSSR count). The Morgan fingerprint density at radius 3 is 1.62 bits per heavy atom. The second-order valence-corrected chi connectivity index (χ2v) is 2.94. The summed E-state index contributed by atoms with van der Waals surface area (Å²) in [5.74, 6) is 0.868. The molecule has 1 N–H and O–H groups in total. The summed E-state index contributed by atoms with van der Waals surface area (Å²) in [5, 5.41) is 3.23. The molecule has 2 unspecified atom stereocenters. The van der Waals surface area contributed by atoms with E-state index in [0.29, 0.717) is 6.04 Å². The molecular formula is C12H31N. The van der Waals surface area contributed by atoms with Crippen LogP contribution in [0.4, 0.5) is 0 Å². The third kappa shape index (κ3) is 18.7. The molecular weight excluding hydrogens is 158 g/mol. The Morgan fingerprint density at radius 2 is 1.38 bits per heavy atom. The molecule has 84 valence electrons. The molecule has 0 saturated carbocycles. The second-order valence-electron chi connectivity index (χ2n) is 2.94. The minimum Gasteiger partial charge on any atom is -0.317 e. The molecule has 0 aliphatic heterocycles. The third-order valence-corrected chi connectivity index (χ3v) is 1.95. The number of hydrogen-bond acceptors (Lipinski definition) is 1. The van der Waals surface area contributed by atoms with E-state index in [9.17, 15) is 0 Å². The summed E-state index contributed by atoms with van der Waals surface area (Å²) >= 11 is 0. The van der Waals surface area contributed by atoms with Gasteiger partial charge < -0.3 is 5.32 Å². The van der Waals surface area contributed by atoms with E-state index in [1.807, 2.05) is 34.7 Å². The Bertz CT molecular complexity index is 54.1. The molecule has 0 saturated heterocycles. The van der Waals surface area contributed by atoms with Crippen molar-refractivity contribution >= 4 is 0 Å². The third-order valence-electron chi connectivity index (χ3n) is 1.95. The van der Waals surface area contributed by atoms with Crippen LogP contribution in [0.15, 0.2) is 0 Å². The van der Waals surface area contributed by atoms with E-state index in [-0.39, 0.29) is 0 Å². The standard InChI is InChI=1S/C8H19N.2C2H6/c1-5-7(2)6-8(3)9-4;2*1-2/h7-9H,5-6H2,1-4H3;2*1-2H3. The highest BCUT2D eigenvalue weighted by atomic mass is 14.8. The fourth-order valence-corrected chi connectivity index (χ4v) is 0.888. The van der Waals surface area contributed by atoms with Crippen LogP contribution in [-0.2, 0) is 0 Å². The summed E-state index contributed by atoms with van der Waals surface area (Å²) in [7, 11) is 2.02. The van der Waals surface area contributed by atoms with Gasteiger partial charge in [0.15, 0.2) is 0 Å². The number of nitrogens with one attached hydrogen (secondary N) is 1. The van der Waals surface area contributed by atoms with Gasteiger partial charge in [-0.25, -0.2) is 0 Å². The molecule has 0 fully saturated rings. The van der Waals surface area contributed by atoms with Crippen molar-refractivity contribution < 1.29 is 0 Å². The largest absolute Gasteiger partial charge is 0.317 e. The van der Waals surface area contributed by atoms with Crippen molar-refractivity contribution in [2.24, 2.45) is 5.92 Å². The minimum absolute atomic E-state index is 0.681. The molecule has 0 aliphatic carbocycles. The van der Waals surface area contributed by atoms with Crippen LogP contribution in [0.2, 0.25) is 0 Å². The average Bonchev–Trinajstić information content (AvgIpc) is 2.23. The van der Waals surface area contributed by atoms with Gasteiger partial charge in [-0.15, -0.1) is 0 Å². The molecule has 13 heavy (non-hydrogen) atoms. The smallest absolute Gasteiger partial charge is 0.00382 e. The Labute approximate surface area is 86.3 Å². The van der Waals surface area contributed by atoms with E-state index in [0.717, 1.165) is 5.92 Å². The van der Waals surface area contributed by atoms with Gasteiger partial charge in [0.05, 0.1) is 0 Å². The molecule has 1 nitrogen and oxygen atoms in total. The molecule has 0 aliphatic rings. The van der Waals surface area contributed by atoms with Gasteiger partial charge >= 0.3 is 0 Å². The van der Waals surface area contributed by atoms with Gasteiger partial charge in [0, 0.05) is 6.04 Å². The summed E-state index contributed by atoms with van der Waals surface area (Å²) in [5.41, 5.74) is 0. The van der Waals surface area contributed by atoms with Crippen LogP contribution in [0.5, 0.6) is 0 Å². The topological polar surface area (TPSA) is 12.0 Å². The zero-order valence-electron chi connectivity index (χ0n) is 11.1. The highest BCUT2D eigenvalue weighted by molar-refractivity contribution is 4.60. The molecule has 0 aromatic carbocycles. The van der Waals surface area contributed by atoms with Crippen LogP contribution in [0.3, 0.4) is 0 Å². The zero-order valence-corrected chi connectivity index (χ0v) is 11.1. The van der Waals surface area contributed by atoms with E-state index >= 15 is 0 Å². The number of hydrogen-bond donors (Lipinski definition) is 1. The Kier molecular flexibility index (Phi) is 25.7. The molecule has 0 bridgehead atoms. The summed E-state index contributed by atoms with van der Waals surface area (Å²) in [6.07, 6.45) is 2.60. The maximum atomic E-state index is 3.23. The van der Waals surface area contributed by atoms with Crippen molar-refractivity contribution in [2.45, 2.75) is 67.3 Å². The van der Waals surface area contributed by atoms with Crippen molar-refractivity contribution in [1.29, 1.82) is 0 Å². The molecule has 0 aromatic rings. The maximum Gasteiger partial charge on any atom is 0.00382 e. The summed E-state index contributed by atoms with van der Waals surface area (Å²) in [4.78, 5) is 0. The molecule has 0 amide bonds. The highest BCUT2D eigenvalue weighted by Crippen LogP contribution is 2.08. The SMILES string of the molecule is CC.CC.CCC(C)CC(C)NC. The highest BCUT2D eigenvalue weighted by Gasteiger charge is 2.02. The minimum atomic E-state index is 0.681. The lowest BCUT2D eigenvalue weighted by Gasteiger charge is -2.14. The van der Waals surface area contributed by atoms with E-state index < -0.39 is 0 Å². The van der Waals surface area contributed by atoms with E-state index in [1.54, 1.807) is 0 Å². The summed E-state index contributed by atoms with van der Waals surface area (Å²) in [6.45, 7) is 14.8. The van der Waals surface area contributed by atoms with Gasteiger partial charge in [-0.3, -0.25) is 0 Å².